The van der Waals surface area contributed by atoms with Gasteiger partial charge in [-0.15, -0.1) is 0 Å². The van der Waals surface area contributed by atoms with E-state index in [0.717, 1.165) is 19.0 Å². The zero-order valence-electron chi connectivity index (χ0n) is 10.4. The van der Waals surface area contributed by atoms with Gasteiger partial charge in [0.1, 0.15) is 0 Å². The van der Waals surface area contributed by atoms with Crippen molar-refractivity contribution in [2.75, 3.05) is 0 Å². The second-order valence-corrected chi connectivity index (χ2v) is 7.26. The van der Waals surface area contributed by atoms with Crippen LogP contribution in [0.4, 0.5) is 0 Å². The lowest BCUT2D eigenvalue weighted by Gasteiger charge is -2.09. The molecule has 2 aromatic carbocycles. The van der Waals surface area contributed by atoms with E-state index in [4.69, 9.17) is 0 Å². The molecule has 3 rings (SSSR count). The molecule has 4 bridgehead atoms. The summed E-state index contributed by atoms with van der Waals surface area (Å²) < 4.78 is 0. The van der Waals surface area contributed by atoms with Crippen LogP contribution in [-0.2, 0) is 24.2 Å². The lowest BCUT2D eigenvalue weighted by Crippen LogP contribution is -2.07. The van der Waals surface area contributed by atoms with E-state index < -0.39 is 0 Å². The van der Waals surface area contributed by atoms with E-state index in [1.807, 2.05) is 0 Å². The molecule has 0 atom stereocenters. The zero-order valence-corrected chi connectivity index (χ0v) is 12.4. The predicted octanol–water partition coefficient (Wildman–Crippen LogP) is 2.81. The first-order chi connectivity index (χ1) is 8.90. The maximum absolute atomic E-state index is 2.41. The average Bonchev–Trinajstić information content (AvgIpc) is 2.39. The number of hydrogen-bond donors (Lipinski definition) is 0. The normalized spacial score (nSPS) is 15.6. The Labute approximate surface area is 114 Å². The molecule has 0 aliphatic carbocycles. The first-order valence-corrected chi connectivity index (χ1v) is 9.30. The highest BCUT2D eigenvalue weighted by Gasteiger charge is 2.03. The van der Waals surface area contributed by atoms with Crippen LogP contribution in [0.5, 0.6) is 0 Å². The smallest absolute Gasteiger partial charge is 0.0478 e. The quantitative estimate of drug-likeness (QED) is 0.642. The van der Waals surface area contributed by atoms with Crippen LogP contribution >= 0.6 is 0 Å². The van der Waals surface area contributed by atoms with Crippen molar-refractivity contribution in [1.29, 1.82) is 0 Å². The summed E-state index contributed by atoms with van der Waals surface area (Å²) in [6, 6.07) is 23.3. The highest BCUT2D eigenvalue weighted by molar-refractivity contribution is 6.35. The van der Waals surface area contributed by atoms with Gasteiger partial charge in [0.15, 0.2) is 0 Å². The van der Waals surface area contributed by atoms with E-state index in [9.17, 15) is 0 Å². The first-order valence-electron chi connectivity index (χ1n) is 6.47. The van der Waals surface area contributed by atoms with Crippen molar-refractivity contribution in [2.24, 2.45) is 0 Å². The van der Waals surface area contributed by atoms with Gasteiger partial charge in [0.2, 0.25) is 0 Å². The van der Waals surface area contributed by atoms with E-state index in [1.165, 1.54) is 46.4 Å². The minimum Gasteiger partial charge on any atom is -0.0617 e. The molecular formula is C16H16Si2. The van der Waals surface area contributed by atoms with Gasteiger partial charge < -0.3 is 0 Å². The summed E-state index contributed by atoms with van der Waals surface area (Å²) in [6.07, 6.45) is 0. The largest absolute Gasteiger partial charge is 0.0617 e. The van der Waals surface area contributed by atoms with Crippen molar-refractivity contribution in [1.82, 2.24) is 0 Å². The third-order valence-corrected chi connectivity index (χ3v) is 5.93. The predicted molar refractivity (Wildman–Crippen MR) is 79.2 cm³/mol. The second kappa shape index (κ2) is 5.68. The maximum Gasteiger partial charge on any atom is 0.0478 e. The maximum atomic E-state index is 2.41. The van der Waals surface area contributed by atoms with Crippen molar-refractivity contribution < 1.29 is 0 Å². The van der Waals surface area contributed by atoms with Crippen molar-refractivity contribution >= 4 is 19.0 Å². The molecule has 0 fully saturated rings. The Kier molecular flexibility index (Phi) is 3.76. The third-order valence-electron chi connectivity index (χ3n) is 3.30. The van der Waals surface area contributed by atoms with Crippen molar-refractivity contribution in [2.45, 2.75) is 24.2 Å². The fourth-order valence-corrected chi connectivity index (χ4v) is 4.69. The standard InChI is InChI=1S/C16H16Si2/c1-3-13-7-14(4-1)10-18-12-16-6-2-5-15(8-16)11-17-9-13/h1-8H,9-12H2. The average molecular weight is 264 g/mol. The number of benzene rings is 2. The fraction of sp³-hybridized carbons (Fsp3) is 0.250. The van der Waals surface area contributed by atoms with Crippen LogP contribution in [-0.4, -0.2) is 19.0 Å². The summed E-state index contributed by atoms with van der Waals surface area (Å²) in [6.45, 7) is 0. The van der Waals surface area contributed by atoms with Gasteiger partial charge in [-0.3, -0.25) is 0 Å². The van der Waals surface area contributed by atoms with E-state index in [2.05, 4.69) is 48.5 Å². The van der Waals surface area contributed by atoms with Crippen molar-refractivity contribution in [3.05, 3.63) is 70.8 Å². The van der Waals surface area contributed by atoms with Gasteiger partial charge in [-0.1, -0.05) is 70.8 Å². The molecule has 0 saturated carbocycles. The minimum absolute atomic E-state index is 1.01. The van der Waals surface area contributed by atoms with E-state index in [1.54, 1.807) is 0 Å². The topological polar surface area (TPSA) is 0 Å². The second-order valence-electron chi connectivity index (χ2n) is 4.85. The molecule has 88 valence electrons. The Bertz CT molecular complexity index is 446. The molecule has 0 saturated heterocycles. The van der Waals surface area contributed by atoms with Crippen LogP contribution in [0.2, 0.25) is 0 Å². The van der Waals surface area contributed by atoms with Gasteiger partial charge in [-0.2, -0.15) is 0 Å². The molecule has 2 aromatic rings. The first kappa shape index (κ1) is 11.9. The Morgan fingerprint density at radius 2 is 0.889 bits per heavy atom. The van der Waals surface area contributed by atoms with Gasteiger partial charge in [0.05, 0.1) is 0 Å². The summed E-state index contributed by atoms with van der Waals surface area (Å²) in [5, 5.41) is 0. The van der Waals surface area contributed by atoms with Crippen LogP contribution in [0.3, 0.4) is 0 Å². The van der Waals surface area contributed by atoms with Gasteiger partial charge in [0, 0.05) is 19.0 Å². The SMILES string of the molecule is c1cc2cc(c1)C[Si]Cc1cccc(c1)C[Si]C2. The molecule has 4 radical (unpaired) electrons. The van der Waals surface area contributed by atoms with Gasteiger partial charge in [-0.05, 0) is 24.2 Å². The van der Waals surface area contributed by atoms with Crippen LogP contribution in [0.25, 0.3) is 0 Å². The van der Waals surface area contributed by atoms with Gasteiger partial charge in [0.25, 0.3) is 0 Å². The Hall–Kier alpha value is -1.13. The number of hydrogen-bond acceptors (Lipinski definition) is 0. The molecular weight excluding hydrogens is 248 g/mol. The summed E-state index contributed by atoms with van der Waals surface area (Å²) in [4.78, 5) is 0. The molecule has 0 amide bonds. The lowest BCUT2D eigenvalue weighted by atomic mass is 10.1. The van der Waals surface area contributed by atoms with Gasteiger partial charge >= 0.3 is 0 Å². The summed E-state index contributed by atoms with van der Waals surface area (Å²) in [5.74, 6) is 0. The number of fused-ring (bicyclic) bond motifs is 4. The molecule has 0 aromatic heterocycles. The molecule has 0 unspecified atom stereocenters. The summed E-state index contributed by atoms with van der Waals surface area (Å²) in [5.41, 5.74) is 6.08. The highest BCUT2D eigenvalue weighted by atomic mass is 28.2. The minimum atomic E-state index is 1.01. The molecule has 2 heteroatoms. The van der Waals surface area contributed by atoms with Crippen LogP contribution < -0.4 is 0 Å². The fourth-order valence-electron chi connectivity index (χ4n) is 2.40. The molecule has 1 aliphatic rings. The summed E-state index contributed by atoms with van der Waals surface area (Å²) in [7, 11) is 2.02. The van der Waals surface area contributed by atoms with Crippen LogP contribution in [0, 0.1) is 0 Å². The molecule has 1 aliphatic heterocycles. The monoisotopic (exact) mass is 264 g/mol. The Morgan fingerprint density at radius 1 is 0.556 bits per heavy atom. The summed E-state index contributed by atoms with van der Waals surface area (Å²) >= 11 is 0. The van der Waals surface area contributed by atoms with E-state index >= 15 is 0 Å². The molecule has 0 N–H and O–H groups in total. The van der Waals surface area contributed by atoms with Crippen LogP contribution in [0.15, 0.2) is 48.5 Å². The zero-order chi connectivity index (χ0) is 12.2. The highest BCUT2D eigenvalue weighted by Crippen LogP contribution is 2.11. The third kappa shape index (κ3) is 3.00. The Balaban J connectivity index is 1.84. The molecule has 0 nitrogen and oxygen atoms in total. The molecule has 18 heavy (non-hydrogen) atoms. The van der Waals surface area contributed by atoms with E-state index in [-0.39, 0.29) is 0 Å². The lowest BCUT2D eigenvalue weighted by molar-refractivity contribution is 1.22. The van der Waals surface area contributed by atoms with E-state index in [0.29, 0.717) is 0 Å². The molecule has 1 heterocycles. The Morgan fingerprint density at radius 3 is 1.22 bits per heavy atom. The van der Waals surface area contributed by atoms with Crippen LogP contribution in [0.1, 0.15) is 22.3 Å². The number of rotatable bonds is 0. The van der Waals surface area contributed by atoms with Gasteiger partial charge in [-0.25, -0.2) is 0 Å². The van der Waals surface area contributed by atoms with Crippen molar-refractivity contribution in [3.8, 4) is 0 Å². The molecule has 0 spiro atoms. The van der Waals surface area contributed by atoms with Crippen molar-refractivity contribution in [3.63, 3.8) is 0 Å².